The predicted molar refractivity (Wildman–Crippen MR) is 85.8 cm³/mol. The Morgan fingerprint density at radius 3 is 2.50 bits per heavy atom. The molecular formula is C17H26N2O3. The van der Waals surface area contributed by atoms with Crippen molar-refractivity contribution in [1.82, 2.24) is 10.2 Å². The van der Waals surface area contributed by atoms with E-state index >= 15 is 0 Å². The van der Waals surface area contributed by atoms with E-state index < -0.39 is 5.60 Å². The van der Waals surface area contributed by atoms with E-state index in [0.717, 1.165) is 26.3 Å². The molecule has 5 nitrogen and oxygen atoms in total. The lowest BCUT2D eigenvalue weighted by Gasteiger charge is -2.35. The van der Waals surface area contributed by atoms with Crippen LogP contribution in [-0.2, 0) is 9.47 Å². The molecule has 0 aromatic heterocycles. The monoisotopic (exact) mass is 306 g/mol. The molecule has 122 valence electrons. The van der Waals surface area contributed by atoms with Crippen LogP contribution < -0.4 is 5.32 Å². The molecule has 0 radical (unpaired) electrons. The third kappa shape index (κ3) is 5.31. The molecular weight excluding hydrogens is 280 g/mol. The number of benzene rings is 1. The maximum Gasteiger partial charge on any atom is 0.407 e. The molecule has 0 spiro atoms. The normalized spacial score (nSPS) is 17.8. The van der Waals surface area contributed by atoms with Gasteiger partial charge in [0.2, 0.25) is 0 Å². The number of hydrogen-bond donors (Lipinski definition) is 1. The van der Waals surface area contributed by atoms with Gasteiger partial charge < -0.3 is 14.8 Å². The van der Waals surface area contributed by atoms with Crippen LogP contribution in [0.4, 0.5) is 4.79 Å². The summed E-state index contributed by atoms with van der Waals surface area (Å²) in [6.07, 6.45) is -0.373. The number of nitrogens with one attached hydrogen (secondary N) is 1. The van der Waals surface area contributed by atoms with Gasteiger partial charge in [0.1, 0.15) is 5.60 Å². The number of carbonyl (C=O) groups is 1. The largest absolute Gasteiger partial charge is 0.444 e. The first-order valence-electron chi connectivity index (χ1n) is 7.79. The van der Waals surface area contributed by atoms with Crippen LogP contribution in [0.2, 0.25) is 0 Å². The minimum Gasteiger partial charge on any atom is -0.444 e. The van der Waals surface area contributed by atoms with Crippen molar-refractivity contribution in [3.05, 3.63) is 35.9 Å². The first kappa shape index (κ1) is 16.8. The van der Waals surface area contributed by atoms with Crippen LogP contribution in [0.3, 0.4) is 0 Å². The molecule has 0 saturated carbocycles. The fourth-order valence-corrected chi connectivity index (χ4v) is 2.52. The maximum atomic E-state index is 11.9. The maximum absolute atomic E-state index is 11.9. The highest BCUT2D eigenvalue weighted by atomic mass is 16.6. The summed E-state index contributed by atoms with van der Waals surface area (Å²) < 4.78 is 10.7. The number of ether oxygens (including phenoxy) is 2. The van der Waals surface area contributed by atoms with E-state index in [1.165, 1.54) is 5.56 Å². The van der Waals surface area contributed by atoms with Crippen molar-refractivity contribution in [3.63, 3.8) is 0 Å². The third-order valence-electron chi connectivity index (χ3n) is 3.51. The first-order chi connectivity index (χ1) is 10.5. The number of morpholine rings is 1. The predicted octanol–water partition coefficient (Wildman–Crippen LogP) is 2.58. The van der Waals surface area contributed by atoms with Crippen LogP contribution in [0, 0.1) is 0 Å². The molecule has 1 N–H and O–H groups in total. The fraction of sp³-hybridized carbons (Fsp3) is 0.588. The summed E-state index contributed by atoms with van der Waals surface area (Å²) in [6, 6.07) is 10.4. The number of nitrogens with zero attached hydrogens (tertiary/aromatic N) is 1. The van der Waals surface area contributed by atoms with Crippen LogP contribution in [0.5, 0.6) is 0 Å². The van der Waals surface area contributed by atoms with Gasteiger partial charge in [0, 0.05) is 19.6 Å². The zero-order chi connectivity index (χ0) is 16.0. The molecule has 0 bridgehead atoms. The fourth-order valence-electron chi connectivity index (χ4n) is 2.52. The minimum atomic E-state index is -0.481. The highest BCUT2D eigenvalue weighted by Gasteiger charge is 2.24. The Balaban J connectivity index is 2.00. The SMILES string of the molecule is CC(C)(C)OC(=O)NC[C@H](c1ccccc1)N1CCOCC1. The molecule has 5 heteroatoms. The number of rotatable bonds is 4. The molecule has 1 aliphatic heterocycles. The Bertz CT molecular complexity index is 465. The Hall–Kier alpha value is -1.59. The van der Waals surface area contributed by atoms with Gasteiger partial charge in [0.15, 0.2) is 0 Å². The Labute approximate surface area is 132 Å². The van der Waals surface area contributed by atoms with Crippen LogP contribution in [0.15, 0.2) is 30.3 Å². The minimum absolute atomic E-state index is 0.137. The van der Waals surface area contributed by atoms with Gasteiger partial charge in [0.25, 0.3) is 0 Å². The van der Waals surface area contributed by atoms with E-state index in [1.807, 2.05) is 39.0 Å². The molecule has 1 aromatic carbocycles. The Morgan fingerprint density at radius 1 is 1.27 bits per heavy atom. The van der Waals surface area contributed by atoms with Gasteiger partial charge in [-0.2, -0.15) is 0 Å². The van der Waals surface area contributed by atoms with Crippen molar-refractivity contribution in [3.8, 4) is 0 Å². The van der Waals surface area contributed by atoms with Gasteiger partial charge in [-0.25, -0.2) is 4.79 Å². The lowest BCUT2D eigenvalue weighted by atomic mass is 10.0. The standard InChI is InChI=1S/C17H26N2O3/c1-17(2,3)22-16(20)18-13-15(14-7-5-4-6-8-14)19-9-11-21-12-10-19/h4-8,15H,9-13H2,1-3H3,(H,18,20)/t15-/m1/s1. The third-order valence-corrected chi connectivity index (χ3v) is 3.51. The quantitative estimate of drug-likeness (QED) is 0.929. The molecule has 0 aliphatic carbocycles. The molecule has 1 fully saturated rings. The van der Waals surface area contributed by atoms with Gasteiger partial charge >= 0.3 is 6.09 Å². The second kappa shape index (κ2) is 7.61. The zero-order valence-corrected chi connectivity index (χ0v) is 13.7. The zero-order valence-electron chi connectivity index (χ0n) is 13.7. The molecule has 1 aliphatic rings. The number of carbonyl (C=O) groups excluding carboxylic acids is 1. The lowest BCUT2D eigenvalue weighted by molar-refractivity contribution is 0.0140. The average Bonchev–Trinajstić information content (AvgIpc) is 2.48. The second-order valence-corrected chi connectivity index (χ2v) is 6.46. The van der Waals surface area contributed by atoms with Gasteiger partial charge in [-0.05, 0) is 26.3 Å². The van der Waals surface area contributed by atoms with Crippen LogP contribution in [0.1, 0.15) is 32.4 Å². The van der Waals surface area contributed by atoms with Gasteiger partial charge in [-0.15, -0.1) is 0 Å². The molecule has 1 heterocycles. The summed E-state index contributed by atoms with van der Waals surface area (Å²) in [5, 5.41) is 2.89. The number of alkyl carbamates (subject to hydrolysis) is 1. The Morgan fingerprint density at radius 2 is 1.91 bits per heavy atom. The summed E-state index contributed by atoms with van der Waals surface area (Å²) in [5.74, 6) is 0. The van der Waals surface area contributed by atoms with E-state index in [1.54, 1.807) is 0 Å². The molecule has 0 unspecified atom stereocenters. The topological polar surface area (TPSA) is 50.8 Å². The highest BCUT2D eigenvalue weighted by Crippen LogP contribution is 2.21. The number of amides is 1. The van der Waals surface area contributed by atoms with E-state index in [4.69, 9.17) is 9.47 Å². The smallest absolute Gasteiger partial charge is 0.407 e. The van der Waals surface area contributed by atoms with E-state index in [-0.39, 0.29) is 12.1 Å². The first-order valence-corrected chi connectivity index (χ1v) is 7.79. The van der Waals surface area contributed by atoms with Crippen molar-refractivity contribution in [1.29, 1.82) is 0 Å². The number of hydrogen-bond acceptors (Lipinski definition) is 4. The van der Waals surface area contributed by atoms with Crippen molar-refractivity contribution in [2.45, 2.75) is 32.4 Å². The second-order valence-electron chi connectivity index (χ2n) is 6.46. The highest BCUT2D eigenvalue weighted by molar-refractivity contribution is 5.67. The van der Waals surface area contributed by atoms with Crippen molar-refractivity contribution >= 4 is 6.09 Å². The van der Waals surface area contributed by atoms with Gasteiger partial charge in [-0.1, -0.05) is 30.3 Å². The molecule has 1 aromatic rings. The van der Waals surface area contributed by atoms with Crippen LogP contribution in [-0.4, -0.2) is 49.4 Å². The van der Waals surface area contributed by atoms with Crippen molar-refractivity contribution in [2.24, 2.45) is 0 Å². The van der Waals surface area contributed by atoms with Crippen LogP contribution in [0.25, 0.3) is 0 Å². The summed E-state index contributed by atoms with van der Waals surface area (Å²) in [6.45, 7) is 9.32. The van der Waals surface area contributed by atoms with Crippen molar-refractivity contribution < 1.29 is 14.3 Å². The summed E-state index contributed by atoms with van der Waals surface area (Å²) >= 11 is 0. The van der Waals surface area contributed by atoms with Gasteiger partial charge in [-0.3, -0.25) is 4.90 Å². The Kier molecular flexibility index (Phi) is 5.80. The summed E-state index contributed by atoms with van der Waals surface area (Å²) in [5.41, 5.74) is 0.714. The molecule has 1 atom stereocenters. The summed E-state index contributed by atoms with van der Waals surface area (Å²) in [7, 11) is 0. The summed E-state index contributed by atoms with van der Waals surface area (Å²) in [4.78, 5) is 14.2. The molecule has 1 amide bonds. The molecule has 22 heavy (non-hydrogen) atoms. The lowest BCUT2D eigenvalue weighted by Crippen LogP contribution is -2.44. The van der Waals surface area contributed by atoms with E-state index in [0.29, 0.717) is 6.54 Å². The molecule has 2 rings (SSSR count). The van der Waals surface area contributed by atoms with Gasteiger partial charge in [0.05, 0.1) is 19.3 Å². The molecule has 1 saturated heterocycles. The van der Waals surface area contributed by atoms with E-state index in [2.05, 4.69) is 22.3 Å². The van der Waals surface area contributed by atoms with Crippen LogP contribution >= 0.6 is 0 Å². The average molecular weight is 306 g/mol. The van der Waals surface area contributed by atoms with Crippen molar-refractivity contribution in [2.75, 3.05) is 32.8 Å². The van der Waals surface area contributed by atoms with E-state index in [9.17, 15) is 4.79 Å².